The van der Waals surface area contributed by atoms with Crippen LogP contribution in [0.4, 0.5) is 0 Å². The summed E-state index contributed by atoms with van der Waals surface area (Å²) < 4.78 is 28.6. The molecule has 0 amide bonds. The summed E-state index contributed by atoms with van der Waals surface area (Å²) in [4.78, 5) is 11.3. The summed E-state index contributed by atoms with van der Waals surface area (Å²) in [5, 5.41) is 9.23. The van der Waals surface area contributed by atoms with E-state index in [9.17, 15) is 18.3 Å². The first kappa shape index (κ1) is 13.8. The van der Waals surface area contributed by atoms with Gasteiger partial charge in [0.1, 0.15) is 0 Å². The maximum absolute atomic E-state index is 11.8. The molecule has 104 valence electrons. The number of fused-ring (bicyclic) bond motifs is 2. The van der Waals surface area contributed by atoms with Crippen LogP contribution in [0.15, 0.2) is 0 Å². The van der Waals surface area contributed by atoms with Crippen molar-refractivity contribution < 1.29 is 18.3 Å². The minimum Gasteiger partial charge on any atom is -0.481 e. The Morgan fingerprint density at radius 3 is 2.44 bits per heavy atom. The van der Waals surface area contributed by atoms with Crippen molar-refractivity contribution in [1.29, 1.82) is 0 Å². The van der Waals surface area contributed by atoms with E-state index >= 15 is 0 Å². The third kappa shape index (κ3) is 2.67. The predicted molar refractivity (Wildman–Crippen MR) is 66.1 cm³/mol. The standard InChI is InChI=1S/C11H20N2O4S/c1-6(2)12-18(16,17)13-10-8-4-3-7(5-8)9(10)11(14)15/h6-10,12-13H,3-5H2,1-2H3,(H,14,15). The number of nitrogens with one attached hydrogen (secondary N) is 2. The van der Waals surface area contributed by atoms with E-state index in [0.29, 0.717) is 0 Å². The topological polar surface area (TPSA) is 95.5 Å². The first-order valence-corrected chi connectivity index (χ1v) is 7.81. The molecule has 0 spiro atoms. The highest BCUT2D eigenvalue weighted by molar-refractivity contribution is 7.87. The van der Waals surface area contributed by atoms with Crippen molar-refractivity contribution >= 4 is 16.2 Å². The molecule has 2 aliphatic rings. The van der Waals surface area contributed by atoms with E-state index in [4.69, 9.17) is 0 Å². The average Bonchev–Trinajstić information content (AvgIpc) is 2.73. The van der Waals surface area contributed by atoms with Gasteiger partial charge < -0.3 is 5.11 Å². The summed E-state index contributed by atoms with van der Waals surface area (Å²) in [5.41, 5.74) is 0. The molecule has 2 aliphatic carbocycles. The lowest BCUT2D eigenvalue weighted by atomic mass is 9.85. The molecule has 7 heteroatoms. The van der Waals surface area contributed by atoms with Gasteiger partial charge in [0.05, 0.1) is 5.92 Å². The number of aliphatic carboxylic acids is 1. The molecule has 6 nitrogen and oxygen atoms in total. The number of carboxylic acids is 1. The van der Waals surface area contributed by atoms with Crippen molar-refractivity contribution in [2.45, 2.75) is 45.2 Å². The van der Waals surface area contributed by atoms with Crippen molar-refractivity contribution in [2.75, 3.05) is 0 Å². The number of carboxylic acid groups (broad SMARTS) is 1. The summed E-state index contributed by atoms with van der Waals surface area (Å²) in [6.07, 6.45) is 2.65. The van der Waals surface area contributed by atoms with Crippen LogP contribution >= 0.6 is 0 Å². The third-order valence-electron chi connectivity index (χ3n) is 3.88. The van der Waals surface area contributed by atoms with Crippen molar-refractivity contribution in [3.63, 3.8) is 0 Å². The molecule has 0 aromatic carbocycles. The van der Waals surface area contributed by atoms with Crippen LogP contribution in [0.2, 0.25) is 0 Å². The average molecular weight is 276 g/mol. The normalized spacial score (nSPS) is 35.3. The Morgan fingerprint density at radius 2 is 1.89 bits per heavy atom. The molecule has 3 N–H and O–H groups in total. The molecule has 0 aliphatic heterocycles. The van der Waals surface area contributed by atoms with Crippen LogP contribution in [0.5, 0.6) is 0 Å². The smallest absolute Gasteiger partial charge is 0.308 e. The van der Waals surface area contributed by atoms with E-state index in [-0.39, 0.29) is 17.9 Å². The largest absolute Gasteiger partial charge is 0.481 e. The molecule has 18 heavy (non-hydrogen) atoms. The van der Waals surface area contributed by atoms with E-state index in [1.165, 1.54) is 0 Å². The van der Waals surface area contributed by atoms with Gasteiger partial charge >= 0.3 is 5.97 Å². The van der Waals surface area contributed by atoms with Gasteiger partial charge in [-0.05, 0) is 44.9 Å². The van der Waals surface area contributed by atoms with Gasteiger partial charge in [-0.15, -0.1) is 0 Å². The summed E-state index contributed by atoms with van der Waals surface area (Å²) in [6.45, 7) is 3.46. The Kier molecular flexibility index (Phi) is 3.66. The molecular formula is C11H20N2O4S. The molecule has 0 aromatic heterocycles. The zero-order valence-electron chi connectivity index (χ0n) is 10.6. The van der Waals surface area contributed by atoms with E-state index in [1.54, 1.807) is 13.8 Å². The van der Waals surface area contributed by atoms with Crippen molar-refractivity contribution in [3.8, 4) is 0 Å². The lowest BCUT2D eigenvalue weighted by Crippen LogP contribution is -2.51. The van der Waals surface area contributed by atoms with Crippen LogP contribution in [-0.2, 0) is 15.0 Å². The number of hydrogen-bond donors (Lipinski definition) is 3. The van der Waals surface area contributed by atoms with Crippen LogP contribution in [0, 0.1) is 17.8 Å². The summed E-state index contributed by atoms with van der Waals surface area (Å²) in [5.74, 6) is -1.17. The fourth-order valence-electron chi connectivity index (χ4n) is 3.34. The zero-order chi connectivity index (χ0) is 13.5. The number of carbonyl (C=O) groups is 1. The van der Waals surface area contributed by atoms with Crippen molar-refractivity contribution in [1.82, 2.24) is 9.44 Å². The molecule has 4 atom stereocenters. The predicted octanol–water partition coefficient (Wildman–Crippen LogP) is 0.318. The fraction of sp³-hybridized carbons (Fsp3) is 0.909. The molecule has 0 saturated heterocycles. The van der Waals surface area contributed by atoms with Gasteiger partial charge in [0.25, 0.3) is 10.2 Å². The van der Waals surface area contributed by atoms with Gasteiger partial charge in [-0.2, -0.15) is 17.9 Å². The van der Waals surface area contributed by atoms with Gasteiger partial charge in [0, 0.05) is 12.1 Å². The van der Waals surface area contributed by atoms with Gasteiger partial charge in [-0.3, -0.25) is 4.79 Å². The third-order valence-corrected chi connectivity index (χ3v) is 5.25. The molecule has 0 heterocycles. The molecule has 4 unspecified atom stereocenters. The molecule has 2 rings (SSSR count). The van der Waals surface area contributed by atoms with Crippen LogP contribution in [-0.4, -0.2) is 31.6 Å². The first-order chi connectivity index (χ1) is 8.30. The highest BCUT2D eigenvalue weighted by Crippen LogP contribution is 2.48. The van der Waals surface area contributed by atoms with Crippen molar-refractivity contribution in [3.05, 3.63) is 0 Å². The van der Waals surface area contributed by atoms with E-state index < -0.39 is 28.1 Å². The Bertz CT molecular complexity index is 434. The Hall–Kier alpha value is -0.660. The zero-order valence-corrected chi connectivity index (χ0v) is 11.4. The van der Waals surface area contributed by atoms with Crippen LogP contribution in [0.25, 0.3) is 0 Å². The summed E-state index contributed by atoms with van der Waals surface area (Å²) in [6, 6.07) is -0.665. The highest BCUT2D eigenvalue weighted by Gasteiger charge is 2.52. The highest BCUT2D eigenvalue weighted by atomic mass is 32.2. The van der Waals surface area contributed by atoms with Crippen LogP contribution < -0.4 is 9.44 Å². The second kappa shape index (κ2) is 4.79. The maximum Gasteiger partial charge on any atom is 0.308 e. The van der Waals surface area contributed by atoms with E-state index in [1.807, 2.05) is 0 Å². The van der Waals surface area contributed by atoms with Gasteiger partial charge in [0.2, 0.25) is 0 Å². The van der Waals surface area contributed by atoms with E-state index in [0.717, 1.165) is 19.3 Å². The van der Waals surface area contributed by atoms with Crippen LogP contribution in [0.3, 0.4) is 0 Å². The quantitative estimate of drug-likeness (QED) is 0.674. The number of hydrogen-bond acceptors (Lipinski definition) is 3. The Balaban J connectivity index is 2.10. The molecule has 0 aromatic rings. The first-order valence-electron chi connectivity index (χ1n) is 6.32. The number of rotatable bonds is 5. The minimum absolute atomic E-state index is 0.124. The fourth-order valence-corrected chi connectivity index (χ4v) is 4.73. The molecule has 2 fully saturated rings. The molecule has 0 radical (unpaired) electrons. The van der Waals surface area contributed by atoms with Crippen molar-refractivity contribution in [2.24, 2.45) is 17.8 Å². The SMILES string of the molecule is CC(C)NS(=O)(=O)NC1C2CCC(C2)C1C(=O)O. The Labute approximate surface area is 107 Å². The second-order valence-corrected chi connectivity index (χ2v) is 7.10. The molecular weight excluding hydrogens is 256 g/mol. The van der Waals surface area contributed by atoms with Gasteiger partial charge in [0.15, 0.2) is 0 Å². The minimum atomic E-state index is -3.62. The monoisotopic (exact) mass is 276 g/mol. The maximum atomic E-state index is 11.8. The lowest BCUT2D eigenvalue weighted by molar-refractivity contribution is -0.144. The summed E-state index contributed by atoms with van der Waals surface area (Å²) in [7, 11) is -3.62. The van der Waals surface area contributed by atoms with E-state index in [2.05, 4.69) is 9.44 Å². The second-order valence-electron chi connectivity index (χ2n) is 5.62. The molecule has 2 bridgehead atoms. The molecule has 2 saturated carbocycles. The summed E-state index contributed by atoms with van der Waals surface area (Å²) >= 11 is 0. The van der Waals surface area contributed by atoms with Gasteiger partial charge in [-0.25, -0.2) is 0 Å². The Morgan fingerprint density at radius 1 is 1.28 bits per heavy atom. The lowest BCUT2D eigenvalue weighted by Gasteiger charge is -2.28. The van der Waals surface area contributed by atoms with Gasteiger partial charge in [-0.1, -0.05) is 0 Å². The van der Waals surface area contributed by atoms with Crippen LogP contribution in [0.1, 0.15) is 33.1 Å².